The number of para-hydroxylation sites is 1. The molecule has 1 aromatic heterocycles. The first-order valence-electron chi connectivity index (χ1n) is 8.28. The van der Waals surface area contributed by atoms with Gasteiger partial charge >= 0.3 is 0 Å². The first-order chi connectivity index (χ1) is 10.3. The summed E-state index contributed by atoms with van der Waals surface area (Å²) in [6.07, 6.45) is 8.63. The Kier molecular flexibility index (Phi) is 4.54. The molecular weight excluding hydrogens is 258 g/mol. The van der Waals surface area contributed by atoms with Crippen molar-refractivity contribution in [1.82, 2.24) is 4.98 Å². The predicted octanol–water partition coefficient (Wildman–Crippen LogP) is 4.35. The average molecular weight is 283 g/mol. The maximum Gasteiger partial charge on any atom is 0.0704 e. The summed E-state index contributed by atoms with van der Waals surface area (Å²) >= 11 is 0. The van der Waals surface area contributed by atoms with Crippen LogP contribution in [0, 0.1) is 11.8 Å². The second-order valence-corrected chi connectivity index (χ2v) is 6.45. The van der Waals surface area contributed by atoms with Crippen LogP contribution in [0.25, 0.3) is 10.9 Å². The lowest BCUT2D eigenvalue weighted by atomic mass is 9.77. The zero-order valence-corrected chi connectivity index (χ0v) is 12.8. The Morgan fingerprint density at radius 1 is 1.14 bits per heavy atom. The zero-order valence-electron chi connectivity index (χ0n) is 12.8. The quantitative estimate of drug-likeness (QED) is 0.904. The first kappa shape index (κ1) is 14.5. The van der Waals surface area contributed by atoms with Crippen LogP contribution >= 0.6 is 0 Å². The number of hydrogen-bond donors (Lipinski definition) is 1. The number of benzene rings is 1. The minimum absolute atomic E-state index is 0.214. The van der Waals surface area contributed by atoms with Gasteiger partial charge in [0.2, 0.25) is 0 Å². The summed E-state index contributed by atoms with van der Waals surface area (Å²) in [5.74, 6) is 1.36. The molecule has 0 aliphatic heterocycles. The standard InChI is InChI=1S/C19H25NO/c1-2-14-7-9-15(10-8-14)19(21)13-16-11-12-20-18-6-4-3-5-17(16)18/h3-6,11-12,14-15,19,21H,2,7-10,13H2,1H3. The fourth-order valence-corrected chi connectivity index (χ4v) is 3.71. The third kappa shape index (κ3) is 3.26. The van der Waals surface area contributed by atoms with E-state index in [0.29, 0.717) is 5.92 Å². The number of hydrogen-bond acceptors (Lipinski definition) is 2. The number of nitrogens with zero attached hydrogens (tertiary/aromatic N) is 1. The molecule has 0 bridgehead atoms. The van der Waals surface area contributed by atoms with Gasteiger partial charge in [0.1, 0.15) is 0 Å². The van der Waals surface area contributed by atoms with Crippen molar-refractivity contribution in [2.24, 2.45) is 11.8 Å². The third-order valence-electron chi connectivity index (χ3n) is 5.18. The smallest absolute Gasteiger partial charge is 0.0704 e. The molecule has 1 aliphatic carbocycles. The van der Waals surface area contributed by atoms with Crippen LogP contribution in [0.1, 0.15) is 44.6 Å². The second-order valence-electron chi connectivity index (χ2n) is 6.45. The van der Waals surface area contributed by atoms with Gasteiger partial charge in [-0.05, 0) is 48.8 Å². The highest BCUT2D eigenvalue weighted by Crippen LogP contribution is 2.33. The molecule has 0 spiro atoms. The maximum atomic E-state index is 10.6. The molecule has 112 valence electrons. The molecule has 1 unspecified atom stereocenters. The Hall–Kier alpha value is -1.41. The number of pyridine rings is 1. The van der Waals surface area contributed by atoms with Gasteiger partial charge in [0.15, 0.2) is 0 Å². The molecule has 1 N–H and O–H groups in total. The summed E-state index contributed by atoms with van der Waals surface area (Å²) in [5, 5.41) is 11.8. The Labute approximate surface area is 127 Å². The normalized spacial score (nSPS) is 24.1. The van der Waals surface area contributed by atoms with Crippen LogP contribution in [0.5, 0.6) is 0 Å². The van der Waals surface area contributed by atoms with E-state index >= 15 is 0 Å². The molecule has 2 heteroatoms. The topological polar surface area (TPSA) is 33.1 Å². The highest BCUT2D eigenvalue weighted by molar-refractivity contribution is 5.81. The Balaban J connectivity index is 1.70. The molecule has 1 aromatic carbocycles. The van der Waals surface area contributed by atoms with E-state index in [0.717, 1.165) is 17.9 Å². The van der Waals surface area contributed by atoms with E-state index in [1.165, 1.54) is 43.1 Å². The molecule has 1 heterocycles. The fourth-order valence-electron chi connectivity index (χ4n) is 3.71. The predicted molar refractivity (Wildman–Crippen MR) is 87.2 cm³/mol. The SMILES string of the molecule is CCC1CCC(C(O)Cc2ccnc3ccccc23)CC1. The molecule has 0 saturated heterocycles. The summed E-state index contributed by atoms with van der Waals surface area (Å²) in [4.78, 5) is 4.40. The van der Waals surface area contributed by atoms with Crippen LogP contribution in [0.15, 0.2) is 36.5 Å². The van der Waals surface area contributed by atoms with Crippen molar-refractivity contribution in [1.29, 1.82) is 0 Å². The van der Waals surface area contributed by atoms with Crippen molar-refractivity contribution in [2.45, 2.75) is 51.6 Å². The summed E-state index contributed by atoms with van der Waals surface area (Å²) in [5.41, 5.74) is 2.25. The molecule has 0 amide bonds. The number of fused-ring (bicyclic) bond motifs is 1. The Bertz CT molecular complexity index is 582. The highest BCUT2D eigenvalue weighted by atomic mass is 16.3. The summed E-state index contributed by atoms with van der Waals surface area (Å²) < 4.78 is 0. The van der Waals surface area contributed by atoms with Crippen molar-refractivity contribution < 1.29 is 5.11 Å². The van der Waals surface area contributed by atoms with E-state index in [2.05, 4.69) is 24.0 Å². The lowest BCUT2D eigenvalue weighted by molar-refractivity contribution is 0.0737. The summed E-state index contributed by atoms with van der Waals surface area (Å²) in [6.45, 7) is 2.28. The minimum atomic E-state index is -0.214. The van der Waals surface area contributed by atoms with E-state index in [1.807, 2.05) is 24.4 Å². The van der Waals surface area contributed by atoms with E-state index in [1.54, 1.807) is 0 Å². The molecule has 1 fully saturated rings. The maximum absolute atomic E-state index is 10.6. The van der Waals surface area contributed by atoms with Gasteiger partial charge in [-0.1, -0.05) is 44.4 Å². The molecule has 1 atom stereocenters. The Morgan fingerprint density at radius 3 is 2.67 bits per heavy atom. The minimum Gasteiger partial charge on any atom is -0.392 e. The number of aromatic nitrogens is 1. The molecule has 21 heavy (non-hydrogen) atoms. The largest absolute Gasteiger partial charge is 0.392 e. The second kappa shape index (κ2) is 6.57. The van der Waals surface area contributed by atoms with Gasteiger partial charge in [0.05, 0.1) is 11.6 Å². The lowest BCUT2D eigenvalue weighted by Gasteiger charge is -2.31. The van der Waals surface area contributed by atoms with Gasteiger partial charge in [0.25, 0.3) is 0 Å². The highest BCUT2D eigenvalue weighted by Gasteiger charge is 2.26. The van der Waals surface area contributed by atoms with Crippen molar-refractivity contribution in [3.05, 3.63) is 42.1 Å². The summed E-state index contributed by atoms with van der Waals surface area (Å²) in [7, 11) is 0. The van der Waals surface area contributed by atoms with E-state index in [9.17, 15) is 5.11 Å². The van der Waals surface area contributed by atoms with Gasteiger partial charge in [-0.3, -0.25) is 4.98 Å². The molecule has 2 aromatic rings. The van der Waals surface area contributed by atoms with E-state index in [4.69, 9.17) is 0 Å². The number of aliphatic hydroxyl groups excluding tert-OH is 1. The number of aliphatic hydroxyl groups is 1. The average Bonchev–Trinajstić information content (AvgIpc) is 2.55. The van der Waals surface area contributed by atoms with Crippen LogP contribution in [0.3, 0.4) is 0 Å². The fraction of sp³-hybridized carbons (Fsp3) is 0.526. The molecule has 0 radical (unpaired) electrons. The van der Waals surface area contributed by atoms with Gasteiger partial charge < -0.3 is 5.11 Å². The zero-order chi connectivity index (χ0) is 14.7. The number of rotatable bonds is 4. The molecular formula is C19H25NO. The molecule has 2 nitrogen and oxygen atoms in total. The van der Waals surface area contributed by atoms with Crippen LogP contribution in [0.4, 0.5) is 0 Å². The van der Waals surface area contributed by atoms with Gasteiger partial charge in [-0.25, -0.2) is 0 Å². The van der Waals surface area contributed by atoms with Crippen molar-refractivity contribution >= 4 is 10.9 Å². The first-order valence-corrected chi connectivity index (χ1v) is 8.28. The van der Waals surface area contributed by atoms with Crippen molar-refractivity contribution in [2.75, 3.05) is 0 Å². The van der Waals surface area contributed by atoms with Crippen LogP contribution in [-0.2, 0) is 6.42 Å². The molecule has 3 rings (SSSR count). The Morgan fingerprint density at radius 2 is 1.90 bits per heavy atom. The van der Waals surface area contributed by atoms with Gasteiger partial charge in [0, 0.05) is 11.6 Å². The monoisotopic (exact) mass is 283 g/mol. The van der Waals surface area contributed by atoms with E-state index < -0.39 is 0 Å². The van der Waals surface area contributed by atoms with Gasteiger partial charge in [-0.2, -0.15) is 0 Å². The lowest BCUT2D eigenvalue weighted by Crippen LogP contribution is -2.27. The van der Waals surface area contributed by atoms with Gasteiger partial charge in [-0.15, -0.1) is 0 Å². The molecule has 1 saturated carbocycles. The van der Waals surface area contributed by atoms with Crippen LogP contribution in [0.2, 0.25) is 0 Å². The third-order valence-corrected chi connectivity index (χ3v) is 5.18. The van der Waals surface area contributed by atoms with Crippen molar-refractivity contribution in [3.8, 4) is 0 Å². The van der Waals surface area contributed by atoms with Crippen LogP contribution < -0.4 is 0 Å². The van der Waals surface area contributed by atoms with Crippen LogP contribution in [-0.4, -0.2) is 16.2 Å². The molecule has 1 aliphatic rings. The van der Waals surface area contributed by atoms with E-state index in [-0.39, 0.29) is 6.10 Å². The van der Waals surface area contributed by atoms with Crippen molar-refractivity contribution in [3.63, 3.8) is 0 Å². The summed E-state index contributed by atoms with van der Waals surface area (Å²) in [6, 6.07) is 10.3.